The lowest BCUT2D eigenvalue weighted by Gasteiger charge is -2.56. The Labute approximate surface area is 210 Å². The van der Waals surface area contributed by atoms with Crippen LogP contribution in [0.3, 0.4) is 0 Å². The van der Waals surface area contributed by atoms with Gasteiger partial charge in [-0.3, -0.25) is 19.3 Å². The van der Waals surface area contributed by atoms with Crippen LogP contribution in [0, 0.1) is 17.8 Å². The van der Waals surface area contributed by atoms with Gasteiger partial charge in [-0.05, 0) is 74.0 Å². The zero-order chi connectivity index (χ0) is 24.9. The van der Waals surface area contributed by atoms with Crippen molar-refractivity contribution < 1.29 is 23.9 Å². The van der Waals surface area contributed by atoms with E-state index in [2.05, 4.69) is 5.32 Å². The Morgan fingerprint density at radius 1 is 0.861 bits per heavy atom. The molecule has 7 rings (SSSR count). The maximum atomic E-state index is 13.3. The van der Waals surface area contributed by atoms with Crippen molar-refractivity contribution in [1.82, 2.24) is 10.2 Å². The molecule has 4 bridgehead atoms. The number of nitrogens with one attached hydrogen (secondary N) is 1. The number of fused-ring (bicyclic) bond motifs is 1. The average molecular weight is 487 g/mol. The van der Waals surface area contributed by atoms with E-state index < -0.39 is 30.4 Å². The number of hydrogen-bond donors (Lipinski definition) is 1. The van der Waals surface area contributed by atoms with Gasteiger partial charge in [0.05, 0.1) is 11.1 Å². The molecule has 0 aromatic heterocycles. The summed E-state index contributed by atoms with van der Waals surface area (Å²) in [5, 5.41) is 3.21. The number of ether oxygens (including phenoxy) is 1. The van der Waals surface area contributed by atoms with Crippen LogP contribution >= 0.6 is 0 Å². The van der Waals surface area contributed by atoms with Crippen molar-refractivity contribution in [3.63, 3.8) is 0 Å². The number of esters is 1. The molecule has 0 saturated heterocycles. The highest BCUT2D eigenvalue weighted by Crippen LogP contribution is 2.55. The first-order valence-electron chi connectivity index (χ1n) is 12.9. The number of carbonyl (C=O) groups excluding carboxylic acids is 4. The largest absolute Gasteiger partial charge is 0.454 e. The van der Waals surface area contributed by atoms with Crippen LogP contribution in [0.5, 0.6) is 0 Å². The van der Waals surface area contributed by atoms with E-state index >= 15 is 0 Å². The molecule has 0 spiro atoms. The number of imide groups is 1. The second-order valence-electron chi connectivity index (χ2n) is 11.1. The summed E-state index contributed by atoms with van der Waals surface area (Å²) in [4.78, 5) is 53.4. The Bertz CT molecular complexity index is 1150. The van der Waals surface area contributed by atoms with Crippen LogP contribution in [0.4, 0.5) is 0 Å². The third-order valence-corrected chi connectivity index (χ3v) is 8.47. The van der Waals surface area contributed by atoms with E-state index in [0.717, 1.165) is 29.7 Å². The average Bonchev–Trinajstić information content (AvgIpc) is 3.10. The summed E-state index contributed by atoms with van der Waals surface area (Å²) in [6, 6.07) is 14.6. The highest BCUT2D eigenvalue weighted by molar-refractivity contribution is 6.22. The summed E-state index contributed by atoms with van der Waals surface area (Å²) in [5.74, 6) is -0.0623. The van der Waals surface area contributed by atoms with Crippen LogP contribution in [0.15, 0.2) is 54.6 Å². The van der Waals surface area contributed by atoms with Crippen molar-refractivity contribution in [2.24, 2.45) is 17.8 Å². The Hall–Kier alpha value is -3.48. The lowest BCUT2D eigenvalue weighted by molar-refractivity contribution is -0.153. The minimum atomic E-state index is -1.16. The number of hydrogen-bond acceptors (Lipinski definition) is 5. The third-order valence-electron chi connectivity index (χ3n) is 8.47. The van der Waals surface area contributed by atoms with Gasteiger partial charge in [-0.15, -0.1) is 0 Å². The minimum Gasteiger partial charge on any atom is -0.454 e. The number of rotatable bonds is 7. The molecule has 5 aliphatic rings. The van der Waals surface area contributed by atoms with Crippen molar-refractivity contribution in [2.45, 2.75) is 56.5 Å². The summed E-state index contributed by atoms with van der Waals surface area (Å²) in [6.07, 6.45) is 6.93. The summed E-state index contributed by atoms with van der Waals surface area (Å²) < 4.78 is 5.46. The van der Waals surface area contributed by atoms with Gasteiger partial charge in [0.2, 0.25) is 0 Å². The topological polar surface area (TPSA) is 92.8 Å². The predicted molar refractivity (Wildman–Crippen MR) is 131 cm³/mol. The van der Waals surface area contributed by atoms with E-state index in [-0.39, 0.29) is 29.0 Å². The molecule has 36 heavy (non-hydrogen) atoms. The van der Waals surface area contributed by atoms with E-state index in [1.165, 1.54) is 19.3 Å². The first-order valence-corrected chi connectivity index (χ1v) is 12.9. The fourth-order valence-corrected chi connectivity index (χ4v) is 7.44. The molecule has 2 aromatic carbocycles. The van der Waals surface area contributed by atoms with Gasteiger partial charge in [0, 0.05) is 12.0 Å². The van der Waals surface area contributed by atoms with Crippen molar-refractivity contribution in [1.29, 1.82) is 0 Å². The molecule has 4 fully saturated rings. The van der Waals surface area contributed by atoms with Crippen molar-refractivity contribution in [3.05, 3.63) is 71.3 Å². The van der Waals surface area contributed by atoms with Gasteiger partial charge in [-0.1, -0.05) is 42.5 Å². The second kappa shape index (κ2) is 8.87. The van der Waals surface area contributed by atoms with Gasteiger partial charge >= 0.3 is 5.97 Å². The Morgan fingerprint density at radius 2 is 1.39 bits per heavy atom. The molecule has 4 saturated carbocycles. The molecule has 2 aromatic rings. The first kappa shape index (κ1) is 23.0. The van der Waals surface area contributed by atoms with Gasteiger partial charge in [0.1, 0.15) is 6.04 Å². The van der Waals surface area contributed by atoms with Crippen molar-refractivity contribution in [3.8, 4) is 0 Å². The van der Waals surface area contributed by atoms with E-state index in [4.69, 9.17) is 4.74 Å². The number of carbonyl (C=O) groups is 4. The standard InChI is InChI=1S/C29H30N2O5/c32-25(30-29-14-19-10-20(15-29)12-21(11-19)16-29)17-36-28(35)24(13-18-6-2-1-3-7-18)31-26(33)22-8-4-5-9-23(22)27(31)34/h1-9,19-21,24H,10-17H2,(H,30,32). The van der Waals surface area contributed by atoms with Gasteiger partial charge in [-0.25, -0.2) is 4.79 Å². The highest BCUT2D eigenvalue weighted by atomic mass is 16.5. The maximum absolute atomic E-state index is 13.3. The molecule has 7 heteroatoms. The van der Waals surface area contributed by atoms with Gasteiger partial charge in [0.25, 0.3) is 17.7 Å². The summed E-state index contributed by atoms with van der Waals surface area (Å²) in [6.45, 7) is -0.422. The predicted octanol–water partition coefficient (Wildman–Crippen LogP) is 3.52. The van der Waals surface area contributed by atoms with Crippen LogP contribution in [0.25, 0.3) is 0 Å². The fraction of sp³-hybridized carbons (Fsp3) is 0.448. The molecule has 1 N–H and O–H groups in total. The Kier molecular flexibility index (Phi) is 5.66. The van der Waals surface area contributed by atoms with Gasteiger partial charge in [-0.2, -0.15) is 0 Å². The lowest BCUT2D eigenvalue weighted by atomic mass is 9.53. The molecule has 3 amide bonds. The minimum absolute atomic E-state index is 0.113. The van der Waals surface area contributed by atoms with Crippen molar-refractivity contribution in [2.75, 3.05) is 6.61 Å². The van der Waals surface area contributed by atoms with Gasteiger partial charge in [0.15, 0.2) is 6.61 Å². The zero-order valence-electron chi connectivity index (χ0n) is 20.2. The van der Waals surface area contributed by atoms with Crippen LogP contribution < -0.4 is 5.32 Å². The van der Waals surface area contributed by atoms with E-state index in [1.807, 2.05) is 30.3 Å². The smallest absolute Gasteiger partial charge is 0.330 e. The lowest BCUT2D eigenvalue weighted by Crippen LogP contribution is -2.60. The molecule has 186 valence electrons. The third kappa shape index (κ3) is 4.10. The molecular formula is C29H30N2O5. The molecular weight excluding hydrogens is 456 g/mol. The molecule has 1 heterocycles. The monoisotopic (exact) mass is 486 g/mol. The number of amides is 3. The number of benzene rings is 2. The summed E-state index contributed by atoms with van der Waals surface area (Å²) >= 11 is 0. The van der Waals surface area contributed by atoms with Crippen LogP contribution in [0.1, 0.15) is 64.8 Å². The van der Waals surface area contributed by atoms with E-state index in [9.17, 15) is 19.2 Å². The summed E-state index contributed by atoms with van der Waals surface area (Å²) in [5.41, 5.74) is 1.15. The molecule has 1 atom stereocenters. The van der Waals surface area contributed by atoms with E-state index in [0.29, 0.717) is 17.8 Å². The first-order chi connectivity index (χ1) is 17.4. The molecule has 1 aliphatic heterocycles. The van der Waals surface area contributed by atoms with Gasteiger partial charge < -0.3 is 10.1 Å². The molecule has 7 nitrogen and oxygen atoms in total. The quantitative estimate of drug-likeness (QED) is 0.478. The molecule has 1 unspecified atom stereocenters. The number of nitrogens with zero attached hydrogens (tertiary/aromatic N) is 1. The zero-order valence-corrected chi connectivity index (χ0v) is 20.2. The molecule has 0 radical (unpaired) electrons. The van der Waals surface area contributed by atoms with Crippen molar-refractivity contribution >= 4 is 23.7 Å². The Morgan fingerprint density at radius 3 is 1.94 bits per heavy atom. The second-order valence-corrected chi connectivity index (χ2v) is 11.1. The van der Waals surface area contributed by atoms with Crippen LogP contribution in [-0.2, 0) is 20.7 Å². The van der Waals surface area contributed by atoms with Crippen LogP contribution in [-0.4, -0.2) is 46.8 Å². The highest BCUT2D eigenvalue weighted by Gasteiger charge is 2.51. The van der Waals surface area contributed by atoms with Crippen LogP contribution in [0.2, 0.25) is 0 Å². The van der Waals surface area contributed by atoms with E-state index in [1.54, 1.807) is 24.3 Å². The molecule has 4 aliphatic carbocycles. The Balaban J connectivity index is 1.16. The summed E-state index contributed by atoms with van der Waals surface area (Å²) in [7, 11) is 0. The fourth-order valence-electron chi connectivity index (χ4n) is 7.44. The normalized spacial score (nSPS) is 28.7. The maximum Gasteiger partial charge on any atom is 0.330 e. The SMILES string of the molecule is O=C(COC(=O)C(Cc1ccccc1)N1C(=O)c2ccccc2C1=O)NC12CC3CC(CC(C3)C1)C2.